The zero-order chi connectivity index (χ0) is 15.4. The molecule has 0 unspecified atom stereocenters. The summed E-state index contributed by atoms with van der Waals surface area (Å²) >= 11 is 0. The van der Waals surface area contributed by atoms with Crippen molar-refractivity contribution in [3.8, 4) is 5.75 Å². The Morgan fingerprint density at radius 3 is 2.71 bits per heavy atom. The van der Waals surface area contributed by atoms with E-state index < -0.39 is 0 Å². The van der Waals surface area contributed by atoms with Gasteiger partial charge in [-0.1, -0.05) is 32.0 Å². The summed E-state index contributed by atoms with van der Waals surface area (Å²) in [6.07, 6.45) is 1.68. The van der Waals surface area contributed by atoms with Gasteiger partial charge in [-0.15, -0.1) is 0 Å². The van der Waals surface area contributed by atoms with Crippen LogP contribution in [0.5, 0.6) is 5.75 Å². The molecule has 0 saturated carbocycles. The predicted octanol–water partition coefficient (Wildman–Crippen LogP) is 2.97. The minimum atomic E-state index is -0.227. The number of rotatable bonds is 4. The van der Waals surface area contributed by atoms with E-state index in [1.54, 1.807) is 4.90 Å². The first-order chi connectivity index (χ1) is 10.0. The number of nitrogens with zero attached hydrogens (tertiary/aromatic N) is 1. The monoisotopic (exact) mass is 289 g/mol. The van der Waals surface area contributed by atoms with Crippen LogP contribution >= 0.6 is 0 Å². The Bertz CT molecular complexity index is 527. The van der Waals surface area contributed by atoms with E-state index in [1.807, 2.05) is 24.3 Å². The maximum absolute atomic E-state index is 12.3. The molecule has 1 aliphatic rings. The second-order valence-corrected chi connectivity index (χ2v) is 5.72. The van der Waals surface area contributed by atoms with Crippen molar-refractivity contribution in [1.82, 2.24) is 4.90 Å². The number of hydrogen-bond acceptors (Lipinski definition) is 3. The van der Waals surface area contributed by atoms with Crippen LogP contribution in [0.15, 0.2) is 24.3 Å². The minimum Gasteiger partial charge on any atom is -0.426 e. The molecule has 0 spiro atoms. The summed E-state index contributed by atoms with van der Waals surface area (Å²) in [6.45, 7) is 6.89. The molecule has 1 amide bonds. The van der Waals surface area contributed by atoms with Gasteiger partial charge in [0.05, 0.1) is 5.92 Å². The molecular formula is C17H23NO3. The molecule has 0 aromatic heterocycles. The third kappa shape index (κ3) is 3.63. The molecule has 0 bridgehead atoms. The number of esters is 1. The van der Waals surface area contributed by atoms with Crippen LogP contribution in [0.4, 0.5) is 0 Å². The van der Waals surface area contributed by atoms with Crippen LogP contribution in [0.3, 0.4) is 0 Å². The first kappa shape index (κ1) is 15.5. The van der Waals surface area contributed by atoms with Crippen molar-refractivity contribution in [1.29, 1.82) is 0 Å². The van der Waals surface area contributed by atoms with Gasteiger partial charge in [0.2, 0.25) is 5.91 Å². The summed E-state index contributed by atoms with van der Waals surface area (Å²) in [6, 6.07) is 7.70. The molecule has 2 atom stereocenters. The summed E-state index contributed by atoms with van der Waals surface area (Å²) in [5.41, 5.74) is 1.06. The number of para-hydroxylation sites is 1. The zero-order valence-electron chi connectivity index (χ0n) is 13.0. The van der Waals surface area contributed by atoms with Gasteiger partial charge in [-0.25, -0.2) is 0 Å². The van der Waals surface area contributed by atoms with Gasteiger partial charge >= 0.3 is 5.97 Å². The second-order valence-electron chi connectivity index (χ2n) is 5.72. The lowest BCUT2D eigenvalue weighted by Gasteiger charge is -2.17. The van der Waals surface area contributed by atoms with Crippen LogP contribution in [-0.2, 0) is 9.59 Å². The maximum atomic E-state index is 12.3. The lowest BCUT2D eigenvalue weighted by atomic mass is 9.98. The molecule has 21 heavy (non-hydrogen) atoms. The third-order valence-corrected chi connectivity index (χ3v) is 4.24. The molecule has 4 nitrogen and oxygen atoms in total. The standard InChI is InChI=1S/C17H23NO3/c1-4-12(2)15-7-5-6-8-16(15)21-17(20)14-9-10-18(11-14)13(3)19/h5-8,12,14H,4,9-11H2,1-3H3/t12-,14+/m0/s1. The SMILES string of the molecule is CC[C@H](C)c1ccccc1OC(=O)[C@@H]1CCN(C(C)=O)C1. The van der Waals surface area contributed by atoms with E-state index in [0.29, 0.717) is 31.2 Å². The van der Waals surface area contributed by atoms with Crippen molar-refractivity contribution in [2.45, 2.75) is 39.5 Å². The van der Waals surface area contributed by atoms with Crippen LogP contribution in [0.1, 0.15) is 45.1 Å². The van der Waals surface area contributed by atoms with Crippen LogP contribution in [0.2, 0.25) is 0 Å². The highest BCUT2D eigenvalue weighted by Crippen LogP contribution is 2.29. The molecule has 0 aliphatic carbocycles. The van der Waals surface area contributed by atoms with Gasteiger partial charge in [0.1, 0.15) is 5.75 Å². The largest absolute Gasteiger partial charge is 0.426 e. The van der Waals surface area contributed by atoms with Gasteiger partial charge in [-0.3, -0.25) is 9.59 Å². The average Bonchev–Trinajstić information content (AvgIpc) is 2.97. The quantitative estimate of drug-likeness (QED) is 0.632. The fourth-order valence-corrected chi connectivity index (χ4v) is 2.63. The number of carbonyl (C=O) groups is 2. The summed E-state index contributed by atoms with van der Waals surface area (Å²) in [5, 5.41) is 0. The van der Waals surface area contributed by atoms with Crippen molar-refractivity contribution in [2.24, 2.45) is 5.92 Å². The van der Waals surface area contributed by atoms with Gasteiger partial charge in [0.15, 0.2) is 0 Å². The highest BCUT2D eigenvalue weighted by molar-refractivity contribution is 5.79. The summed E-state index contributed by atoms with van der Waals surface area (Å²) < 4.78 is 5.60. The van der Waals surface area contributed by atoms with Gasteiger partial charge < -0.3 is 9.64 Å². The van der Waals surface area contributed by atoms with E-state index in [0.717, 1.165) is 12.0 Å². The van der Waals surface area contributed by atoms with Gasteiger partial charge in [0, 0.05) is 20.0 Å². The van der Waals surface area contributed by atoms with Crippen molar-refractivity contribution >= 4 is 11.9 Å². The summed E-state index contributed by atoms with van der Waals surface area (Å²) in [7, 11) is 0. The zero-order valence-corrected chi connectivity index (χ0v) is 13.0. The second kappa shape index (κ2) is 6.74. The van der Waals surface area contributed by atoms with Gasteiger partial charge in [0.25, 0.3) is 0 Å². The third-order valence-electron chi connectivity index (χ3n) is 4.24. The molecule has 2 rings (SSSR count). The lowest BCUT2D eigenvalue weighted by Crippen LogP contribution is -2.29. The molecular weight excluding hydrogens is 266 g/mol. The Kier molecular flexibility index (Phi) is 4.99. The van der Waals surface area contributed by atoms with Crippen molar-refractivity contribution < 1.29 is 14.3 Å². The normalized spacial score (nSPS) is 19.4. The van der Waals surface area contributed by atoms with E-state index >= 15 is 0 Å². The number of hydrogen-bond donors (Lipinski definition) is 0. The Labute approximate surface area is 126 Å². The maximum Gasteiger partial charge on any atom is 0.316 e. The fourth-order valence-electron chi connectivity index (χ4n) is 2.63. The average molecular weight is 289 g/mol. The molecule has 1 aliphatic heterocycles. The molecule has 1 aromatic carbocycles. The number of benzene rings is 1. The topological polar surface area (TPSA) is 46.6 Å². The van der Waals surface area contributed by atoms with Crippen LogP contribution < -0.4 is 4.74 Å². The van der Waals surface area contributed by atoms with Crippen molar-refractivity contribution in [2.75, 3.05) is 13.1 Å². The first-order valence-corrected chi connectivity index (χ1v) is 7.59. The Morgan fingerprint density at radius 1 is 1.38 bits per heavy atom. The molecule has 114 valence electrons. The van der Waals surface area contributed by atoms with Crippen molar-refractivity contribution in [3.05, 3.63) is 29.8 Å². The van der Waals surface area contributed by atoms with Crippen LogP contribution in [0, 0.1) is 5.92 Å². The number of amides is 1. The summed E-state index contributed by atoms with van der Waals surface area (Å²) in [4.78, 5) is 25.3. The van der Waals surface area contributed by atoms with Gasteiger partial charge in [-0.05, 0) is 30.4 Å². The van der Waals surface area contributed by atoms with Crippen LogP contribution in [-0.4, -0.2) is 29.9 Å². The van der Waals surface area contributed by atoms with E-state index in [2.05, 4.69) is 13.8 Å². The molecule has 1 heterocycles. The fraction of sp³-hybridized carbons (Fsp3) is 0.529. The molecule has 1 fully saturated rings. The first-order valence-electron chi connectivity index (χ1n) is 7.59. The van der Waals surface area contributed by atoms with E-state index in [4.69, 9.17) is 4.74 Å². The highest BCUT2D eigenvalue weighted by Gasteiger charge is 2.31. The van der Waals surface area contributed by atoms with Crippen LogP contribution in [0.25, 0.3) is 0 Å². The van der Waals surface area contributed by atoms with E-state index in [9.17, 15) is 9.59 Å². The van der Waals surface area contributed by atoms with Crippen molar-refractivity contribution in [3.63, 3.8) is 0 Å². The Balaban J connectivity index is 2.05. The molecule has 1 saturated heterocycles. The van der Waals surface area contributed by atoms with E-state index in [-0.39, 0.29) is 17.8 Å². The Hall–Kier alpha value is -1.84. The molecule has 4 heteroatoms. The minimum absolute atomic E-state index is 0.0188. The number of likely N-dealkylation sites (tertiary alicyclic amines) is 1. The molecule has 1 aromatic rings. The lowest BCUT2D eigenvalue weighted by molar-refractivity contribution is -0.138. The molecule has 0 radical (unpaired) electrons. The van der Waals surface area contributed by atoms with E-state index in [1.165, 1.54) is 6.92 Å². The summed E-state index contributed by atoms with van der Waals surface area (Å²) in [5.74, 6) is 0.586. The number of ether oxygens (including phenoxy) is 1. The molecule has 0 N–H and O–H groups in total. The van der Waals surface area contributed by atoms with Gasteiger partial charge in [-0.2, -0.15) is 0 Å². The highest BCUT2D eigenvalue weighted by atomic mass is 16.5. The predicted molar refractivity (Wildman–Crippen MR) is 81.1 cm³/mol. The number of carbonyl (C=O) groups excluding carboxylic acids is 2. The smallest absolute Gasteiger partial charge is 0.316 e. The Morgan fingerprint density at radius 2 is 2.10 bits per heavy atom.